The molecule has 1 saturated heterocycles. The van der Waals surface area contributed by atoms with Crippen molar-refractivity contribution in [2.75, 3.05) is 18.1 Å². The van der Waals surface area contributed by atoms with E-state index < -0.39 is 11.4 Å². The number of esters is 1. The number of benzene rings is 1. The van der Waals surface area contributed by atoms with E-state index in [4.69, 9.17) is 4.74 Å². The number of halogens is 1. The monoisotopic (exact) mass is 384 g/mol. The number of aromatic nitrogens is 1. The molecule has 2 fully saturated rings. The highest BCUT2D eigenvalue weighted by Crippen LogP contribution is 2.43. The Labute approximate surface area is 163 Å². The van der Waals surface area contributed by atoms with Gasteiger partial charge in [-0.25, -0.2) is 9.18 Å². The molecule has 1 aliphatic carbocycles. The average molecular weight is 384 g/mol. The minimum absolute atomic E-state index is 0.00766. The Morgan fingerprint density at radius 3 is 2.75 bits per heavy atom. The maximum Gasteiger partial charge on any atom is 0.343 e. The first-order valence-corrected chi connectivity index (χ1v) is 10.4. The maximum absolute atomic E-state index is 15.3. The van der Waals surface area contributed by atoms with Crippen LogP contribution in [-0.2, 0) is 11.2 Å². The van der Waals surface area contributed by atoms with Crippen LogP contribution in [0.25, 0.3) is 10.9 Å². The first-order valence-electron chi connectivity index (χ1n) is 10.4. The molecular weight excluding hydrogens is 359 g/mol. The molecule has 0 spiro atoms. The van der Waals surface area contributed by atoms with Gasteiger partial charge in [-0.3, -0.25) is 4.79 Å². The lowest BCUT2D eigenvalue weighted by Gasteiger charge is -2.28. The standard InChI is InChI=1S/C22H25FN2O3/c1-2-28-22(27)17-12-25(14-8-9-14)19-15-7-3-5-13-6-4-10-24(13)20(15)18(23)11-16(19)21(17)26/h11-14H,2-10H2,1H3. The molecule has 28 heavy (non-hydrogen) atoms. The number of hydrogen-bond donors (Lipinski definition) is 0. The third-order valence-corrected chi connectivity index (χ3v) is 6.40. The van der Waals surface area contributed by atoms with Crippen LogP contribution < -0.4 is 10.3 Å². The summed E-state index contributed by atoms with van der Waals surface area (Å²) >= 11 is 0. The lowest BCUT2D eigenvalue weighted by Crippen LogP contribution is -2.30. The zero-order valence-electron chi connectivity index (χ0n) is 16.2. The van der Waals surface area contributed by atoms with Crippen molar-refractivity contribution in [2.24, 2.45) is 0 Å². The van der Waals surface area contributed by atoms with Crippen LogP contribution in [0.4, 0.5) is 10.1 Å². The molecule has 2 aliphatic heterocycles. The maximum atomic E-state index is 15.3. The fraction of sp³-hybridized carbons (Fsp3) is 0.545. The van der Waals surface area contributed by atoms with E-state index >= 15 is 4.39 Å². The molecule has 0 amide bonds. The van der Waals surface area contributed by atoms with Crippen LogP contribution in [0.1, 0.15) is 67.4 Å². The van der Waals surface area contributed by atoms with Gasteiger partial charge in [-0.05, 0) is 57.9 Å². The number of ether oxygens (including phenoxy) is 1. The van der Waals surface area contributed by atoms with Gasteiger partial charge in [-0.2, -0.15) is 0 Å². The van der Waals surface area contributed by atoms with Crippen LogP contribution in [0.15, 0.2) is 17.1 Å². The molecule has 0 radical (unpaired) electrons. The number of rotatable bonds is 3. The zero-order valence-corrected chi connectivity index (χ0v) is 16.2. The van der Waals surface area contributed by atoms with Crippen LogP contribution in [0.2, 0.25) is 0 Å². The smallest absolute Gasteiger partial charge is 0.343 e. The summed E-state index contributed by atoms with van der Waals surface area (Å²) in [6, 6.07) is 2.02. The number of fused-ring (bicyclic) bond motifs is 5. The van der Waals surface area contributed by atoms with E-state index in [0.29, 0.717) is 17.1 Å². The van der Waals surface area contributed by atoms with Gasteiger partial charge in [0.2, 0.25) is 5.43 Å². The molecule has 0 bridgehead atoms. The van der Waals surface area contributed by atoms with E-state index in [1.165, 1.54) is 6.07 Å². The zero-order chi connectivity index (χ0) is 19.4. The number of anilines is 1. The molecule has 5 nitrogen and oxygen atoms in total. The lowest BCUT2D eigenvalue weighted by molar-refractivity contribution is 0.0524. The van der Waals surface area contributed by atoms with Crippen molar-refractivity contribution in [3.05, 3.63) is 39.4 Å². The molecule has 5 rings (SSSR count). The van der Waals surface area contributed by atoms with Crippen LogP contribution >= 0.6 is 0 Å². The van der Waals surface area contributed by atoms with Crippen LogP contribution in [0, 0.1) is 5.82 Å². The van der Waals surface area contributed by atoms with Gasteiger partial charge in [-0.15, -0.1) is 0 Å². The van der Waals surface area contributed by atoms with E-state index in [0.717, 1.165) is 62.6 Å². The Balaban J connectivity index is 1.81. The highest BCUT2D eigenvalue weighted by atomic mass is 19.1. The number of aryl methyl sites for hydroxylation is 1. The fourth-order valence-electron chi connectivity index (χ4n) is 5.04. The van der Waals surface area contributed by atoms with Crippen molar-refractivity contribution in [3.8, 4) is 0 Å². The summed E-state index contributed by atoms with van der Waals surface area (Å²) in [5, 5.41) is 0.311. The van der Waals surface area contributed by atoms with Gasteiger partial charge >= 0.3 is 5.97 Å². The molecule has 0 N–H and O–H groups in total. The first-order chi connectivity index (χ1) is 13.6. The predicted octanol–water partition coefficient (Wildman–Crippen LogP) is 3.96. The van der Waals surface area contributed by atoms with Crippen molar-refractivity contribution in [1.82, 2.24) is 4.57 Å². The normalized spacial score (nSPS) is 21.4. The van der Waals surface area contributed by atoms with E-state index in [1.807, 2.05) is 0 Å². The number of hydrogen-bond acceptors (Lipinski definition) is 4. The van der Waals surface area contributed by atoms with Crippen LogP contribution in [0.5, 0.6) is 0 Å². The molecule has 2 aromatic rings. The summed E-state index contributed by atoms with van der Waals surface area (Å²) in [5.41, 5.74) is 2.04. The Bertz CT molecular complexity index is 1020. The molecule has 1 saturated carbocycles. The summed E-state index contributed by atoms with van der Waals surface area (Å²) in [7, 11) is 0. The lowest BCUT2D eigenvalue weighted by atomic mass is 10.00. The summed E-state index contributed by atoms with van der Waals surface area (Å²) in [5.74, 6) is -0.962. The predicted molar refractivity (Wildman–Crippen MR) is 106 cm³/mol. The van der Waals surface area contributed by atoms with Crippen molar-refractivity contribution in [1.29, 1.82) is 0 Å². The first kappa shape index (κ1) is 17.7. The highest BCUT2D eigenvalue weighted by molar-refractivity contribution is 5.96. The number of pyridine rings is 1. The number of carbonyl (C=O) groups is 1. The van der Waals surface area contributed by atoms with Gasteiger partial charge in [0.05, 0.1) is 17.8 Å². The van der Waals surface area contributed by atoms with E-state index in [-0.39, 0.29) is 24.0 Å². The Morgan fingerprint density at radius 2 is 2.00 bits per heavy atom. The molecule has 1 atom stereocenters. The summed E-state index contributed by atoms with van der Waals surface area (Å²) in [6.07, 6.45) is 8.69. The average Bonchev–Trinajstić information content (AvgIpc) is 3.45. The molecule has 1 aromatic carbocycles. The van der Waals surface area contributed by atoms with Gasteiger partial charge < -0.3 is 14.2 Å². The van der Waals surface area contributed by atoms with Crippen molar-refractivity contribution in [2.45, 2.75) is 64.0 Å². The minimum atomic E-state index is -0.626. The Kier molecular flexibility index (Phi) is 4.18. The van der Waals surface area contributed by atoms with Gasteiger partial charge in [0.15, 0.2) is 0 Å². The number of nitrogens with zero attached hydrogens (tertiary/aromatic N) is 2. The third-order valence-electron chi connectivity index (χ3n) is 6.40. The minimum Gasteiger partial charge on any atom is -0.462 e. The van der Waals surface area contributed by atoms with Crippen LogP contribution in [0.3, 0.4) is 0 Å². The summed E-state index contributed by atoms with van der Waals surface area (Å²) < 4.78 is 22.5. The molecule has 1 aromatic heterocycles. The van der Waals surface area contributed by atoms with Crippen molar-refractivity contribution in [3.63, 3.8) is 0 Å². The van der Waals surface area contributed by atoms with Crippen molar-refractivity contribution < 1.29 is 13.9 Å². The van der Waals surface area contributed by atoms with E-state index in [2.05, 4.69) is 9.47 Å². The Hall–Kier alpha value is -2.37. The van der Waals surface area contributed by atoms with Gasteiger partial charge in [-0.1, -0.05) is 0 Å². The van der Waals surface area contributed by atoms with Crippen LogP contribution in [-0.4, -0.2) is 29.7 Å². The van der Waals surface area contributed by atoms with E-state index in [1.54, 1.807) is 13.1 Å². The van der Waals surface area contributed by atoms with Gasteiger partial charge in [0.25, 0.3) is 0 Å². The van der Waals surface area contributed by atoms with Gasteiger partial charge in [0.1, 0.15) is 11.4 Å². The Morgan fingerprint density at radius 1 is 1.21 bits per heavy atom. The molecule has 1 unspecified atom stereocenters. The van der Waals surface area contributed by atoms with Gasteiger partial charge in [0, 0.05) is 35.8 Å². The summed E-state index contributed by atoms with van der Waals surface area (Å²) in [4.78, 5) is 27.7. The highest BCUT2D eigenvalue weighted by Gasteiger charge is 2.35. The van der Waals surface area contributed by atoms with E-state index in [9.17, 15) is 9.59 Å². The third kappa shape index (κ3) is 2.65. The summed E-state index contributed by atoms with van der Waals surface area (Å²) in [6.45, 7) is 2.79. The topological polar surface area (TPSA) is 51.5 Å². The molecular formula is C22H25FN2O3. The molecule has 3 heterocycles. The quantitative estimate of drug-likeness (QED) is 0.752. The molecule has 6 heteroatoms. The second-order valence-corrected chi connectivity index (χ2v) is 8.19. The SMILES string of the molecule is CCOC(=O)c1cn(C2CC2)c2c3c(c(F)cc2c1=O)N1CCCC1CCC3. The largest absolute Gasteiger partial charge is 0.462 e. The van der Waals surface area contributed by atoms with Crippen molar-refractivity contribution >= 4 is 22.6 Å². The molecule has 3 aliphatic rings. The molecule has 148 valence electrons. The fourth-order valence-corrected chi connectivity index (χ4v) is 5.04. The second kappa shape index (κ2) is 6.61. The number of carbonyl (C=O) groups excluding carboxylic acids is 1. The second-order valence-electron chi connectivity index (χ2n) is 8.19.